The third kappa shape index (κ3) is 5.27. The van der Waals surface area contributed by atoms with Crippen LogP contribution in [-0.4, -0.2) is 0 Å². The van der Waals surface area contributed by atoms with E-state index in [1.807, 2.05) is 23.5 Å². The Balaban J connectivity index is 1.15. The zero-order valence-electron chi connectivity index (χ0n) is 27.7. The van der Waals surface area contributed by atoms with Crippen LogP contribution in [0.25, 0.3) is 75.5 Å². The van der Waals surface area contributed by atoms with E-state index in [1.54, 1.807) is 0 Å². The third-order valence-corrected chi connectivity index (χ3v) is 11.0. The van der Waals surface area contributed by atoms with E-state index in [9.17, 15) is 0 Å². The van der Waals surface area contributed by atoms with E-state index in [4.69, 9.17) is 4.42 Å². The van der Waals surface area contributed by atoms with Gasteiger partial charge in [-0.2, -0.15) is 0 Å². The molecule has 2 heterocycles. The summed E-state index contributed by atoms with van der Waals surface area (Å²) in [6, 6.07) is 67.6. The fourth-order valence-corrected chi connectivity index (χ4v) is 8.48. The lowest BCUT2D eigenvalue weighted by atomic mass is 9.97. The quantitative estimate of drug-likeness (QED) is 0.175. The number of furan rings is 1. The second-order valence-electron chi connectivity index (χ2n) is 13.0. The van der Waals surface area contributed by atoms with Crippen molar-refractivity contribution in [3.63, 3.8) is 0 Å². The molecule has 8 aromatic carbocycles. The summed E-state index contributed by atoms with van der Waals surface area (Å²) in [6.07, 6.45) is 0. The van der Waals surface area contributed by atoms with Gasteiger partial charge in [-0.05, 0) is 100 Å². The number of benzene rings is 8. The Morgan fingerprint density at radius 3 is 1.63 bits per heavy atom. The van der Waals surface area contributed by atoms with Crippen molar-refractivity contribution < 1.29 is 4.42 Å². The first-order valence-corrected chi connectivity index (χ1v) is 18.1. The number of fused-ring (bicyclic) bond motifs is 6. The van der Waals surface area contributed by atoms with Crippen molar-refractivity contribution in [2.75, 3.05) is 4.90 Å². The summed E-state index contributed by atoms with van der Waals surface area (Å²) in [5.41, 5.74) is 12.2. The number of hydrogen-bond donors (Lipinski definition) is 0. The highest BCUT2D eigenvalue weighted by molar-refractivity contribution is 7.25. The molecule has 0 radical (unpaired) electrons. The van der Waals surface area contributed by atoms with Crippen LogP contribution in [0.3, 0.4) is 0 Å². The van der Waals surface area contributed by atoms with Crippen molar-refractivity contribution in [3.05, 3.63) is 188 Å². The fraction of sp³-hybridized carbons (Fsp3) is 0. The van der Waals surface area contributed by atoms with E-state index in [-0.39, 0.29) is 0 Å². The van der Waals surface area contributed by atoms with Crippen molar-refractivity contribution in [3.8, 4) is 33.4 Å². The van der Waals surface area contributed by atoms with Crippen LogP contribution in [0.1, 0.15) is 0 Å². The van der Waals surface area contributed by atoms with Gasteiger partial charge in [-0.25, -0.2) is 0 Å². The molecule has 0 spiro atoms. The molecule has 0 bridgehead atoms. The largest absolute Gasteiger partial charge is 0.456 e. The Morgan fingerprint density at radius 2 is 0.882 bits per heavy atom. The second kappa shape index (κ2) is 12.2. The van der Waals surface area contributed by atoms with E-state index in [0.29, 0.717) is 0 Å². The smallest absolute Gasteiger partial charge is 0.135 e. The predicted molar refractivity (Wildman–Crippen MR) is 218 cm³/mol. The van der Waals surface area contributed by atoms with Crippen LogP contribution in [0.5, 0.6) is 0 Å². The van der Waals surface area contributed by atoms with Crippen molar-refractivity contribution in [1.29, 1.82) is 0 Å². The molecule has 3 heteroatoms. The average Bonchev–Trinajstić information content (AvgIpc) is 3.76. The first kappa shape index (κ1) is 29.5. The van der Waals surface area contributed by atoms with E-state index >= 15 is 0 Å². The highest BCUT2D eigenvalue weighted by atomic mass is 32.1. The van der Waals surface area contributed by atoms with Crippen LogP contribution in [0, 0.1) is 0 Å². The first-order chi connectivity index (χ1) is 25.2. The van der Waals surface area contributed by atoms with Crippen LogP contribution < -0.4 is 4.90 Å². The van der Waals surface area contributed by atoms with Gasteiger partial charge in [-0.1, -0.05) is 121 Å². The molecule has 10 aromatic rings. The van der Waals surface area contributed by atoms with Crippen LogP contribution in [-0.2, 0) is 0 Å². The zero-order valence-corrected chi connectivity index (χ0v) is 28.5. The normalized spacial score (nSPS) is 11.5. The van der Waals surface area contributed by atoms with Crippen LogP contribution >= 0.6 is 11.3 Å². The van der Waals surface area contributed by atoms with Crippen LogP contribution in [0.15, 0.2) is 192 Å². The van der Waals surface area contributed by atoms with Gasteiger partial charge in [0.1, 0.15) is 11.2 Å². The molecule has 0 saturated carbocycles. The van der Waals surface area contributed by atoms with Gasteiger partial charge < -0.3 is 9.32 Å². The summed E-state index contributed by atoms with van der Waals surface area (Å²) in [5, 5.41) is 4.87. The van der Waals surface area contributed by atoms with Crippen molar-refractivity contribution >= 4 is 70.5 Å². The maximum atomic E-state index is 6.12. The third-order valence-electron chi connectivity index (χ3n) is 9.85. The molecule has 51 heavy (non-hydrogen) atoms. The van der Waals surface area contributed by atoms with Gasteiger partial charge in [0.2, 0.25) is 0 Å². The Hall–Kier alpha value is -6.42. The standard InChI is InChI=1S/C48H31NOS/c1-3-11-32(12-4-1)36-27-37(33-13-5-2-6-14-33)29-40(28-36)49(39-24-25-43-42-16-8-10-18-47(42)51-48(43)31-39)38-22-19-34(20-23-38)35-21-26-46-44(30-35)41-15-7-9-17-45(41)50-46/h1-31H. The molecule has 0 fully saturated rings. The molecule has 0 aliphatic heterocycles. The Labute approximate surface area is 300 Å². The highest BCUT2D eigenvalue weighted by Gasteiger charge is 2.18. The number of hydrogen-bond acceptors (Lipinski definition) is 3. The lowest BCUT2D eigenvalue weighted by Crippen LogP contribution is -2.10. The Bertz CT molecular complexity index is 2790. The first-order valence-electron chi connectivity index (χ1n) is 17.2. The van der Waals surface area contributed by atoms with Gasteiger partial charge in [0.15, 0.2) is 0 Å². The molecule has 0 aliphatic rings. The molecule has 2 nitrogen and oxygen atoms in total. The molecule has 0 atom stereocenters. The minimum absolute atomic E-state index is 0.909. The fourth-order valence-electron chi connectivity index (χ4n) is 7.34. The average molecular weight is 670 g/mol. The molecule has 0 aliphatic carbocycles. The lowest BCUT2D eigenvalue weighted by molar-refractivity contribution is 0.669. The Morgan fingerprint density at radius 1 is 0.314 bits per heavy atom. The predicted octanol–water partition coefficient (Wildman–Crippen LogP) is 14.4. The van der Waals surface area contributed by atoms with Gasteiger partial charge in [0, 0.05) is 48.0 Å². The molecule has 0 N–H and O–H groups in total. The van der Waals surface area contributed by atoms with Crippen LogP contribution in [0.4, 0.5) is 17.1 Å². The molecule has 0 amide bonds. The number of para-hydroxylation sites is 1. The van der Waals surface area contributed by atoms with Gasteiger partial charge >= 0.3 is 0 Å². The summed E-state index contributed by atoms with van der Waals surface area (Å²) < 4.78 is 8.70. The summed E-state index contributed by atoms with van der Waals surface area (Å²) in [5.74, 6) is 0. The summed E-state index contributed by atoms with van der Waals surface area (Å²) in [7, 11) is 0. The topological polar surface area (TPSA) is 16.4 Å². The number of thiophene rings is 1. The molecular weight excluding hydrogens is 639 g/mol. The van der Waals surface area contributed by atoms with Gasteiger partial charge in [-0.15, -0.1) is 11.3 Å². The molecule has 10 rings (SSSR count). The van der Waals surface area contributed by atoms with E-state index in [0.717, 1.165) is 50.1 Å². The molecular formula is C48H31NOS. The lowest BCUT2D eigenvalue weighted by Gasteiger charge is -2.27. The molecule has 0 unspecified atom stereocenters. The SMILES string of the molecule is c1ccc(-c2cc(-c3ccccc3)cc(N(c3ccc(-c4ccc5oc6ccccc6c5c4)cc3)c3ccc4c(c3)sc3ccccc34)c2)cc1. The van der Waals surface area contributed by atoms with Gasteiger partial charge in [0.05, 0.1) is 0 Å². The minimum atomic E-state index is 0.909. The minimum Gasteiger partial charge on any atom is -0.456 e. The monoisotopic (exact) mass is 669 g/mol. The van der Waals surface area contributed by atoms with Gasteiger partial charge in [0.25, 0.3) is 0 Å². The maximum Gasteiger partial charge on any atom is 0.135 e. The summed E-state index contributed by atoms with van der Waals surface area (Å²) in [4.78, 5) is 2.40. The number of rotatable bonds is 6. The molecule has 0 saturated heterocycles. The number of nitrogens with zero attached hydrogens (tertiary/aromatic N) is 1. The van der Waals surface area contributed by atoms with Crippen molar-refractivity contribution in [1.82, 2.24) is 0 Å². The van der Waals surface area contributed by atoms with Crippen LogP contribution in [0.2, 0.25) is 0 Å². The summed E-state index contributed by atoms with van der Waals surface area (Å²) in [6.45, 7) is 0. The Kier molecular flexibility index (Phi) is 7.04. The van der Waals surface area contributed by atoms with E-state index in [2.05, 4.69) is 181 Å². The van der Waals surface area contributed by atoms with E-state index in [1.165, 1.54) is 42.4 Å². The van der Waals surface area contributed by atoms with Gasteiger partial charge in [-0.3, -0.25) is 0 Å². The van der Waals surface area contributed by atoms with Crippen molar-refractivity contribution in [2.24, 2.45) is 0 Å². The zero-order chi connectivity index (χ0) is 33.7. The molecule has 2 aromatic heterocycles. The van der Waals surface area contributed by atoms with Crippen molar-refractivity contribution in [2.45, 2.75) is 0 Å². The molecule has 240 valence electrons. The van der Waals surface area contributed by atoms with E-state index < -0.39 is 0 Å². The number of anilines is 3. The second-order valence-corrected chi connectivity index (χ2v) is 14.1. The maximum absolute atomic E-state index is 6.12. The highest BCUT2D eigenvalue weighted by Crippen LogP contribution is 2.43. The summed E-state index contributed by atoms with van der Waals surface area (Å²) >= 11 is 1.85.